The summed E-state index contributed by atoms with van der Waals surface area (Å²) >= 11 is 6.98. The second-order valence-electron chi connectivity index (χ2n) is 5.41. The van der Waals surface area contributed by atoms with Crippen LogP contribution in [-0.2, 0) is 4.79 Å². The lowest BCUT2D eigenvalue weighted by molar-refractivity contribution is -0.113. The van der Waals surface area contributed by atoms with Gasteiger partial charge in [-0.2, -0.15) is 5.10 Å². The van der Waals surface area contributed by atoms with Crippen LogP contribution in [-0.4, -0.2) is 32.7 Å². The van der Waals surface area contributed by atoms with Gasteiger partial charge in [-0.05, 0) is 24.3 Å². The number of amides is 1. The number of nitrogens with two attached hydrogens (primary N) is 1. The van der Waals surface area contributed by atoms with E-state index in [-0.39, 0.29) is 17.6 Å². The minimum absolute atomic E-state index is 0.0698. The van der Waals surface area contributed by atoms with Gasteiger partial charge in [0.15, 0.2) is 0 Å². The van der Waals surface area contributed by atoms with Crippen molar-refractivity contribution in [2.75, 3.05) is 22.3 Å². The first-order chi connectivity index (χ1) is 13.5. The van der Waals surface area contributed by atoms with Crippen molar-refractivity contribution >= 4 is 47.1 Å². The molecule has 0 aliphatic heterocycles. The zero-order valence-electron chi connectivity index (χ0n) is 14.3. The van der Waals surface area contributed by atoms with Gasteiger partial charge in [-0.1, -0.05) is 47.6 Å². The van der Waals surface area contributed by atoms with Gasteiger partial charge in [0.2, 0.25) is 11.1 Å². The highest BCUT2D eigenvalue weighted by atomic mass is 35.5. The Hall–Kier alpha value is -3.11. The van der Waals surface area contributed by atoms with Crippen LogP contribution in [0.25, 0.3) is 0 Å². The molecule has 28 heavy (non-hydrogen) atoms. The summed E-state index contributed by atoms with van der Waals surface area (Å²) in [7, 11) is 0. The Morgan fingerprint density at radius 3 is 2.89 bits per heavy atom. The summed E-state index contributed by atoms with van der Waals surface area (Å²) in [4.78, 5) is 12.0. The Labute approximate surface area is 168 Å². The zero-order chi connectivity index (χ0) is 19.9. The van der Waals surface area contributed by atoms with Gasteiger partial charge >= 0.3 is 0 Å². The molecule has 4 N–H and O–H groups in total. The second-order valence-corrected chi connectivity index (χ2v) is 6.79. The molecule has 1 amide bonds. The molecular formula is C17H15ClFN7OS. The SMILES string of the molecule is Nn1c(N/N=C/c2ccccc2F)nnc1SCC(=O)Nc1cccc(Cl)c1. The van der Waals surface area contributed by atoms with E-state index in [2.05, 4.69) is 26.0 Å². The van der Waals surface area contributed by atoms with Gasteiger partial charge in [-0.25, -0.2) is 14.5 Å². The number of thioether (sulfide) groups is 1. The highest BCUT2D eigenvalue weighted by Gasteiger charge is 2.12. The van der Waals surface area contributed by atoms with Crippen LogP contribution in [0.4, 0.5) is 16.0 Å². The van der Waals surface area contributed by atoms with Crippen LogP contribution in [0.2, 0.25) is 5.02 Å². The number of rotatable bonds is 7. The molecule has 11 heteroatoms. The number of hydrazone groups is 1. The molecular weight excluding hydrogens is 405 g/mol. The van der Waals surface area contributed by atoms with Gasteiger partial charge in [0.25, 0.3) is 5.95 Å². The number of anilines is 2. The van der Waals surface area contributed by atoms with Crippen LogP contribution >= 0.6 is 23.4 Å². The Bertz CT molecular complexity index is 1010. The van der Waals surface area contributed by atoms with Crippen molar-refractivity contribution in [3.63, 3.8) is 0 Å². The number of benzene rings is 2. The van der Waals surface area contributed by atoms with E-state index < -0.39 is 5.82 Å². The van der Waals surface area contributed by atoms with Gasteiger partial charge in [0, 0.05) is 16.3 Å². The van der Waals surface area contributed by atoms with Crippen molar-refractivity contribution in [2.45, 2.75) is 5.16 Å². The molecule has 2 aromatic carbocycles. The first-order valence-corrected chi connectivity index (χ1v) is 9.31. The smallest absolute Gasteiger partial charge is 0.264 e. The molecule has 1 aromatic heterocycles. The first-order valence-electron chi connectivity index (χ1n) is 7.95. The fraction of sp³-hybridized carbons (Fsp3) is 0.0588. The Morgan fingerprint density at radius 2 is 2.11 bits per heavy atom. The van der Waals surface area contributed by atoms with Crippen molar-refractivity contribution in [3.05, 3.63) is 64.9 Å². The number of hydrogen-bond acceptors (Lipinski definition) is 7. The fourth-order valence-corrected chi connectivity index (χ4v) is 2.93. The van der Waals surface area contributed by atoms with Gasteiger partial charge in [-0.3, -0.25) is 4.79 Å². The van der Waals surface area contributed by atoms with Crippen molar-refractivity contribution in [1.29, 1.82) is 0 Å². The molecule has 0 radical (unpaired) electrons. The Balaban J connectivity index is 1.54. The summed E-state index contributed by atoms with van der Waals surface area (Å²) in [5, 5.41) is 15.2. The van der Waals surface area contributed by atoms with E-state index in [1.54, 1.807) is 42.5 Å². The van der Waals surface area contributed by atoms with Crippen molar-refractivity contribution < 1.29 is 9.18 Å². The zero-order valence-corrected chi connectivity index (χ0v) is 15.9. The monoisotopic (exact) mass is 419 g/mol. The molecule has 0 saturated heterocycles. The summed E-state index contributed by atoms with van der Waals surface area (Å²) < 4.78 is 14.7. The molecule has 0 aliphatic carbocycles. The van der Waals surface area contributed by atoms with E-state index >= 15 is 0 Å². The number of aromatic nitrogens is 3. The largest absolute Gasteiger partial charge is 0.334 e. The molecule has 3 rings (SSSR count). The third-order valence-electron chi connectivity index (χ3n) is 3.38. The predicted octanol–water partition coefficient (Wildman–Crippen LogP) is 2.96. The van der Waals surface area contributed by atoms with Crippen LogP contribution in [0.3, 0.4) is 0 Å². The molecule has 0 bridgehead atoms. The van der Waals surface area contributed by atoms with Crippen LogP contribution in [0.15, 0.2) is 58.8 Å². The second kappa shape index (κ2) is 9.20. The average molecular weight is 420 g/mol. The molecule has 1 heterocycles. The van der Waals surface area contributed by atoms with Crippen LogP contribution in [0.1, 0.15) is 5.56 Å². The Kier molecular flexibility index (Phi) is 6.45. The van der Waals surface area contributed by atoms with Gasteiger partial charge in [-0.15, -0.1) is 10.2 Å². The number of hydrogen-bond donors (Lipinski definition) is 3. The molecule has 0 spiro atoms. The molecule has 0 saturated carbocycles. The maximum absolute atomic E-state index is 13.5. The van der Waals surface area contributed by atoms with Crippen molar-refractivity contribution in [3.8, 4) is 0 Å². The number of nitrogens with one attached hydrogen (secondary N) is 2. The number of carbonyl (C=O) groups excluding carboxylic acids is 1. The van der Waals surface area contributed by atoms with Crippen molar-refractivity contribution in [1.82, 2.24) is 14.9 Å². The Morgan fingerprint density at radius 1 is 1.29 bits per heavy atom. The molecule has 0 atom stereocenters. The summed E-state index contributed by atoms with van der Waals surface area (Å²) in [6.45, 7) is 0. The van der Waals surface area contributed by atoms with E-state index in [1.807, 2.05) is 0 Å². The lowest BCUT2D eigenvalue weighted by Gasteiger charge is -2.05. The summed E-state index contributed by atoms with van der Waals surface area (Å²) in [5.74, 6) is 5.45. The van der Waals surface area contributed by atoms with E-state index in [9.17, 15) is 9.18 Å². The minimum atomic E-state index is -0.399. The normalized spacial score (nSPS) is 10.9. The van der Waals surface area contributed by atoms with E-state index in [1.165, 1.54) is 12.3 Å². The first kappa shape index (κ1) is 19.6. The lowest BCUT2D eigenvalue weighted by Crippen LogP contribution is -2.16. The van der Waals surface area contributed by atoms with Gasteiger partial charge in [0.1, 0.15) is 5.82 Å². The standard InChI is InChI=1S/C17H15ClFN7OS/c18-12-5-3-6-13(8-12)22-15(27)10-28-17-25-24-16(26(17)20)23-21-9-11-4-1-2-7-14(11)19/h1-9H,10,20H2,(H,22,27)(H,23,24)/b21-9+. The molecule has 0 aliphatic rings. The van der Waals surface area contributed by atoms with Gasteiger partial charge in [0.05, 0.1) is 12.0 Å². The predicted molar refractivity (Wildman–Crippen MR) is 109 cm³/mol. The fourth-order valence-electron chi connectivity index (χ4n) is 2.08. The summed E-state index contributed by atoms with van der Waals surface area (Å²) in [6, 6.07) is 13.0. The summed E-state index contributed by atoms with van der Waals surface area (Å²) in [5.41, 5.74) is 3.49. The molecule has 8 nitrogen and oxygen atoms in total. The average Bonchev–Trinajstić information content (AvgIpc) is 3.01. The summed E-state index contributed by atoms with van der Waals surface area (Å²) in [6.07, 6.45) is 1.30. The quantitative estimate of drug-likeness (QED) is 0.235. The van der Waals surface area contributed by atoms with Crippen molar-refractivity contribution in [2.24, 2.45) is 5.10 Å². The van der Waals surface area contributed by atoms with Gasteiger partial charge < -0.3 is 11.2 Å². The molecule has 3 aromatic rings. The maximum atomic E-state index is 13.5. The third-order valence-corrected chi connectivity index (χ3v) is 4.56. The molecule has 0 unspecified atom stereocenters. The highest BCUT2D eigenvalue weighted by Crippen LogP contribution is 2.18. The van der Waals surface area contributed by atoms with Crippen LogP contribution < -0.4 is 16.6 Å². The van der Waals surface area contributed by atoms with E-state index in [4.69, 9.17) is 17.4 Å². The maximum Gasteiger partial charge on any atom is 0.264 e. The number of carbonyl (C=O) groups is 1. The van der Waals surface area contributed by atoms with Crippen LogP contribution in [0.5, 0.6) is 0 Å². The minimum Gasteiger partial charge on any atom is -0.334 e. The van der Waals surface area contributed by atoms with E-state index in [0.717, 1.165) is 16.4 Å². The molecule has 0 fully saturated rings. The highest BCUT2D eigenvalue weighted by molar-refractivity contribution is 7.99. The van der Waals surface area contributed by atoms with E-state index in [0.29, 0.717) is 21.4 Å². The lowest BCUT2D eigenvalue weighted by atomic mass is 10.2. The molecule has 144 valence electrons. The third kappa shape index (κ3) is 5.21. The topological polar surface area (TPSA) is 110 Å². The number of halogens is 2. The number of nitrogens with zero attached hydrogens (tertiary/aromatic N) is 4. The van der Waals surface area contributed by atoms with Crippen LogP contribution in [0, 0.1) is 5.82 Å². The number of nitrogen functional groups attached to an aromatic ring is 1.